The van der Waals surface area contributed by atoms with E-state index >= 15 is 0 Å². The van der Waals surface area contributed by atoms with Crippen LogP contribution in [0.4, 0.5) is 0 Å². The molecule has 0 aliphatic carbocycles. The van der Waals surface area contributed by atoms with Crippen molar-refractivity contribution in [2.24, 2.45) is 0 Å². The van der Waals surface area contributed by atoms with Gasteiger partial charge in [-0.1, -0.05) is 31.0 Å². The highest BCUT2D eigenvalue weighted by atomic mass is 35.5. The molecule has 28 heavy (non-hydrogen) atoms. The summed E-state index contributed by atoms with van der Waals surface area (Å²) in [6.45, 7) is 6.91. The molecule has 0 aliphatic rings. The van der Waals surface area contributed by atoms with E-state index in [-0.39, 0.29) is 12.5 Å². The van der Waals surface area contributed by atoms with Crippen LogP contribution < -0.4 is 19.5 Å². The van der Waals surface area contributed by atoms with Crippen molar-refractivity contribution in [3.8, 4) is 17.2 Å². The van der Waals surface area contributed by atoms with Gasteiger partial charge >= 0.3 is 0 Å². The van der Waals surface area contributed by atoms with Gasteiger partial charge in [0.2, 0.25) is 0 Å². The maximum atomic E-state index is 12.1. The van der Waals surface area contributed by atoms with Crippen molar-refractivity contribution in [1.82, 2.24) is 5.32 Å². The Labute approximate surface area is 171 Å². The van der Waals surface area contributed by atoms with Crippen LogP contribution in [-0.4, -0.2) is 26.2 Å². The Bertz CT molecular complexity index is 784. The number of ether oxygens (including phenoxy) is 3. The number of carbonyl (C=O) groups is 1. The van der Waals surface area contributed by atoms with Gasteiger partial charge in [-0.05, 0) is 61.2 Å². The number of halogens is 1. The van der Waals surface area contributed by atoms with Crippen molar-refractivity contribution in [3.05, 3.63) is 52.0 Å². The predicted octanol–water partition coefficient (Wildman–Crippen LogP) is 4.84. The largest absolute Gasteiger partial charge is 0.493 e. The average Bonchev–Trinajstić information content (AvgIpc) is 2.69. The maximum Gasteiger partial charge on any atom is 0.258 e. The van der Waals surface area contributed by atoms with Crippen LogP contribution in [0.25, 0.3) is 0 Å². The third kappa shape index (κ3) is 6.34. The number of hydrogen-bond donors (Lipinski definition) is 1. The lowest BCUT2D eigenvalue weighted by atomic mass is 10.1. The minimum absolute atomic E-state index is 0.0597. The van der Waals surface area contributed by atoms with Crippen LogP contribution in [0.2, 0.25) is 5.02 Å². The first-order valence-corrected chi connectivity index (χ1v) is 9.78. The van der Waals surface area contributed by atoms with E-state index in [0.717, 1.165) is 29.5 Å². The summed E-state index contributed by atoms with van der Waals surface area (Å²) in [4.78, 5) is 12.1. The molecule has 2 aromatic rings. The molecule has 152 valence electrons. The molecule has 2 aromatic carbocycles. The number of nitrogens with one attached hydrogen (secondary N) is 1. The Hall–Kier alpha value is -2.40. The molecule has 0 radical (unpaired) electrons. The van der Waals surface area contributed by atoms with Gasteiger partial charge in [0.05, 0.1) is 13.7 Å². The molecule has 0 heterocycles. The van der Waals surface area contributed by atoms with Gasteiger partial charge in [0.1, 0.15) is 5.75 Å². The monoisotopic (exact) mass is 405 g/mol. The summed E-state index contributed by atoms with van der Waals surface area (Å²) in [5.41, 5.74) is 2.77. The van der Waals surface area contributed by atoms with E-state index in [1.807, 2.05) is 44.2 Å². The van der Waals surface area contributed by atoms with E-state index in [0.29, 0.717) is 35.4 Å². The quantitative estimate of drug-likeness (QED) is 0.574. The second kappa shape index (κ2) is 10.8. The normalized spacial score (nSPS) is 10.5. The summed E-state index contributed by atoms with van der Waals surface area (Å²) in [6, 6.07) is 9.30. The third-order valence-electron chi connectivity index (χ3n) is 4.25. The van der Waals surface area contributed by atoms with Gasteiger partial charge in [-0.25, -0.2) is 0 Å². The van der Waals surface area contributed by atoms with Crippen LogP contribution in [-0.2, 0) is 11.3 Å². The number of aryl methyl sites for hydroxylation is 2. The van der Waals surface area contributed by atoms with Crippen LogP contribution in [0.1, 0.15) is 36.5 Å². The molecule has 0 saturated heterocycles. The Morgan fingerprint density at radius 1 is 1.07 bits per heavy atom. The first kappa shape index (κ1) is 21.9. The molecule has 0 atom stereocenters. The van der Waals surface area contributed by atoms with Gasteiger partial charge in [-0.2, -0.15) is 0 Å². The Morgan fingerprint density at radius 3 is 2.43 bits per heavy atom. The highest BCUT2D eigenvalue weighted by Crippen LogP contribution is 2.28. The fourth-order valence-electron chi connectivity index (χ4n) is 2.66. The lowest BCUT2D eigenvalue weighted by Crippen LogP contribution is -2.28. The summed E-state index contributed by atoms with van der Waals surface area (Å²) in [5, 5.41) is 3.56. The minimum Gasteiger partial charge on any atom is -0.493 e. The summed E-state index contributed by atoms with van der Waals surface area (Å²) in [6.07, 6.45) is 2.07. The summed E-state index contributed by atoms with van der Waals surface area (Å²) < 4.78 is 16.7. The zero-order chi connectivity index (χ0) is 20.5. The number of hydrogen-bond acceptors (Lipinski definition) is 4. The predicted molar refractivity (Wildman–Crippen MR) is 112 cm³/mol. The highest BCUT2D eigenvalue weighted by molar-refractivity contribution is 6.32. The number of carbonyl (C=O) groups excluding carboxylic acids is 1. The molecule has 0 unspecified atom stereocenters. The number of rotatable bonds is 10. The molecule has 0 fully saturated rings. The van der Waals surface area contributed by atoms with Crippen molar-refractivity contribution in [3.63, 3.8) is 0 Å². The fourth-order valence-corrected chi connectivity index (χ4v) is 2.77. The van der Waals surface area contributed by atoms with Crippen LogP contribution >= 0.6 is 11.6 Å². The van der Waals surface area contributed by atoms with Gasteiger partial charge in [-0.3, -0.25) is 4.79 Å². The molecule has 5 nitrogen and oxygen atoms in total. The SMILES string of the molecule is CCCCOc1ccc(CNC(=O)COc2cc(C)c(Cl)c(C)c2)cc1OC. The van der Waals surface area contributed by atoms with Crippen LogP contribution in [0.15, 0.2) is 30.3 Å². The van der Waals surface area contributed by atoms with Gasteiger partial charge < -0.3 is 19.5 Å². The van der Waals surface area contributed by atoms with E-state index < -0.39 is 0 Å². The Balaban J connectivity index is 1.86. The lowest BCUT2D eigenvalue weighted by molar-refractivity contribution is -0.123. The molecule has 1 amide bonds. The summed E-state index contributed by atoms with van der Waals surface area (Å²) >= 11 is 6.15. The Kier molecular flexibility index (Phi) is 8.45. The summed E-state index contributed by atoms with van der Waals surface area (Å²) in [7, 11) is 1.61. The number of unbranched alkanes of at least 4 members (excludes halogenated alkanes) is 1. The molecular formula is C22H28ClNO4. The molecule has 0 aliphatic heterocycles. The molecular weight excluding hydrogens is 378 g/mol. The maximum absolute atomic E-state index is 12.1. The average molecular weight is 406 g/mol. The summed E-state index contributed by atoms with van der Waals surface area (Å²) in [5.74, 6) is 1.80. The second-order valence-electron chi connectivity index (χ2n) is 6.62. The molecule has 0 bridgehead atoms. The lowest BCUT2D eigenvalue weighted by Gasteiger charge is -2.13. The Morgan fingerprint density at radius 2 is 1.79 bits per heavy atom. The van der Waals surface area contributed by atoms with Crippen molar-refractivity contribution in [2.75, 3.05) is 20.3 Å². The number of benzene rings is 2. The first-order valence-electron chi connectivity index (χ1n) is 9.40. The van der Waals surface area contributed by atoms with Crippen LogP contribution in [0.5, 0.6) is 17.2 Å². The van der Waals surface area contributed by atoms with Crippen molar-refractivity contribution >= 4 is 17.5 Å². The van der Waals surface area contributed by atoms with Gasteiger partial charge in [-0.15, -0.1) is 0 Å². The van der Waals surface area contributed by atoms with Gasteiger partial charge in [0, 0.05) is 11.6 Å². The van der Waals surface area contributed by atoms with Crippen LogP contribution in [0, 0.1) is 13.8 Å². The zero-order valence-corrected chi connectivity index (χ0v) is 17.7. The molecule has 0 aromatic heterocycles. The molecule has 6 heteroatoms. The van der Waals surface area contributed by atoms with Crippen molar-refractivity contribution in [1.29, 1.82) is 0 Å². The van der Waals surface area contributed by atoms with Gasteiger partial charge in [0.15, 0.2) is 18.1 Å². The number of methoxy groups -OCH3 is 1. The van der Waals surface area contributed by atoms with E-state index in [2.05, 4.69) is 12.2 Å². The van der Waals surface area contributed by atoms with E-state index in [4.69, 9.17) is 25.8 Å². The van der Waals surface area contributed by atoms with E-state index in [9.17, 15) is 4.79 Å². The highest BCUT2D eigenvalue weighted by Gasteiger charge is 2.09. The van der Waals surface area contributed by atoms with Crippen molar-refractivity contribution in [2.45, 2.75) is 40.2 Å². The minimum atomic E-state index is -0.201. The van der Waals surface area contributed by atoms with Crippen LogP contribution in [0.3, 0.4) is 0 Å². The smallest absolute Gasteiger partial charge is 0.258 e. The van der Waals surface area contributed by atoms with E-state index in [1.54, 1.807) is 7.11 Å². The fraction of sp³-hybridized carbons (Fsp3) is 0.409. The molecule has 0 saturated carbocycles. The molecule has 2 rings (SSSR count). The molecule has 0 spiro atoms. The second-order valence-corrected chi connectivity index (χ2v) is 7.00. The van der Waals surface area contributed by atoms with E-state index in [1.165, 1.54) is 0 Å². The number of amides is 1. The van der Waals surface area contributed by atoms with Crippen molar-refractivity contribution < 1.29 is 19.0 Å². The standard InChI is InChI=1S/C22H28ClNO4/c1-5-6-9-27-19-8-7-17(12-20(19)26-4)13-24-21(25)14-28-18-10-15(2)22(23)16(3)11-18/h7-8,10-12H,5-6,9,13-14H2,1-4H3,(H,24,25). The van der Waals surface area contributed by atoms with Gasteiger partial charge in [0.25, 0.3) is 5.91 Å². The topological polar surface area (TPSA) is 56.8 Å². The molecule has 1 N–H and O–H groups in total. The zero-order valence-electron chi connectivity index (χ0n) is 16.9. The third-order valence-corrected chi connectivity index (χ3v) is 4.85. The first-order chi connectivity index (χ1) is 13.4.